The quantitative estimate of drug-likeness (QED) is 0.684. The van der Waals surface area contributed by atoms with Crippen molar-refractivity contribution in [3.8, 4) is 11.3 Å². The van der Waals surface area contributed by atoms with Crippen molar-refractivity contribution in [3.05, 3.63) is 46.4 Å². The van der Waals surface area contributed by atoms with Crippen molar-refractivity contribution in [3.63, 3.8) is 0 Å². The molecule has 0 aliphatic rings. The Hall–Kier alpha value is -1.64. The van der Waals surface area contributed by atoms with Gasteiger partial charge in [0.2, 0.25) is 10.0 Å². The standard InChI is InChI=1S/C13H10BrClN4O2S/c1-22(20,21)18-10-4-8(6-17-13(10)15)11-7-16-12-5-9(14)2-3-19(11)12/h2-7,18H,1H3. The normalized spacial score (nSPS) is 11.8. The molecule has 3 heterocycles. The lowest BCUT2D eigenvalue weighted by atomic mass is 10.2. The lowest BCUT2D eigenvalue weighted by molar-refractivity contribution is 0.607. The summed E-state index contributed by atoms with van der Waals surface area (Å²) in [5, 5.41) is 0.0886. The van der Waals surface area contributed by atoms with Crippen LogP contribution in [0, 0.1) is 0 Å². The summed E-state index contributed by atoms with van der Waals surface area (Å²) in [5.74, 6) is 0. The van der Waals surface area contributed by atoms with E-state index in [1.54, 1.807) is 18.5 Å². The van der Waals surface area contributed by atoms with Crippen LogP contribution in [0.2, 0.25) is 5.15 Å². The van der Waals surface area contributed by atoms with Crippen molar-refractivity contribution in [2.45, 2.75) is 0 Å². The Balaban J connectivity index is 2.13. The van der Waals surface area contributed by atoms with E-state index in [-0.39, 0.29) is 10.8 Å². The molecule has 0 unspecified atom stereocenters. The minimum Gasteiger partial charge on any atom is -0.300 e. The third-order valence-corrected chi connectivity index (χ3v) is 4.29. The molecule has 0 radical (unpaired) electrons. The zero-order valence-electron chi connectivity index (χ0n) is 11.3. The predicted octanol–water partition coefficient (Wildman–Crippen LogP) is 3.18. The summed E-state index contributed by atoms with van der Waals surface area (Å²) in [5.41, 5.74) is 2.47. The summed E-state index contributed by atoms with van der Waals surface area (Å²) in [4.78, 5) is 8.35. The Kier molecular flexibility index (Phi) is 3.84. The number of aromatic nitrogens is 3. The summed E-state index contributed by atoms with van der Waals surface area (Å²) in [6.45, 7) is 0. The van der Waals surface area contributed by atoms with Gasteiger partial charge in [-0.3, -0.25) is 9.12 Å². The third kappa shape index (κ3) is 3.08. The van der Waals surface area contributed by atoms with Crippen LogP contribution in [0.3, 0.4) is 0 Å². The molecular formula is C13H10BrClN4O2S. The van der Waals surface area contributed by atoms with Gasteiger partial charge in [0.15, 0.2) is 5.15 Å². The van der Waals surface area contributed by atoms with Crippen LogP contribution in [0.25, 0.3) is 16.9 Å². The van der Waals surface area contributed by atoms with Gasteiger partial charge in [-0.1, -0.05) is 27.5 Å². The minimum absolute atomic E-state index is 0.0886. The number of sulfonamides is 1. The highest BCUT2D eigenvalue weighted by Crippen LogP contribution is 2.28. The van der Waals surface area contributed by atoms with Gasteiger partial charge in [-0.15, -0.1) is 0 Å². The second-order valence-electron chi connectivity index (χ2n) is 4.65. The number of hydrogen-bond donors (Lipinski definition) is 1. The molecule has 0 spiro atoms. The van der Waals surface area contributed by atoms with E-state index in [1.807, 2.05) is 22.7 Å². The number of nitrogens with zero attached hydrogens (tertiary/aromatic N) is 3. The number of anilines is 1. The van der Waals surface area contributed by atoms with E-state index in [9.17, 15) is 8.42 Å². The number of halogens is 2. The van der Waals surface area contributed by atoms with Crippen LogP contribution in [0.4, 0.5) is 5.69 Å². The third-order valence-electron chi connectivity index (χ3n) is 2.91. The van der Waals surface area contributed by atoms with Gasteiger partial charge in [0, 0.05) is 22.4 Å². The Morgan fingerprint density at radius 1 is 1.27 bits per heavy atom. The SMILES string of the molecule is CS(=O)(=O)Nc1cc(-c2cnc3cc(Br)ccn23)cnc1Cl. The van der Waals surface area contributed by atoms with Crippen LogP contribution in [-0.4, -0.2) is 29.0 Å². The fraction of sp³-hybridized carbons (Fsp3) is 0.0769. The van der Waals surface area contributed by atoms with E-state index in [1.165, 1.54) is 0 Å². The van der Waals surface area contributed by atoms with E-state index in [2.05, 4.69) is 30.6 Å². The summed E-state index contributed by atoms with van der Waals surface area (Å²) in [7, 11) is -3.44. The highest BCUT2D eigenvalue weighted by atomic mass is 79.9. The van der Waals surface area contributed by atoms with E-state index in [0.717, 1.165) is 22.1 Å². The number of hydrogen-bond acceptors (Lipinski definition) is 4. The largest absolute Gasteiger partial charge is 0.300 e. The van der Waals surface area contributed by atoms with Gasteiger partial charge < -0.3 is 0 Å². The number of fused-ring (bicyclic) bond motifs is 1. The molecule has 0 aromatic carbocycles. The van der Waals surface area contributed by atoms with Crippen LogP contribution >= 0.6 is 27.5 Å². The van der Waals surface area contributed by atoms with Gasteiger partial charge in [-0.25, -0.2) is 18.4 Å². The Morgan fingerprint density at radius 2 is 2.05 bits per heavy atom. The first-order valence-electron chi connectivity index (χ1n) is 6.10. The minimum atomic E-state index is -3.44. The van der Waals surface area contributed by atoms with E-state index in [4.69, 9.17) is 11.6 Å². The molecule has 0 aliphatic carbocycles. The summed E-state index contributed by atoms with van der Waals surface area (Å²) < 4.78 is 27.9. The van der Waals surface area contributed by atoms with Crippen molar-refractivity contribution in [2.75, 3.05) is 11.0 Å². The maximum Gasteiger partial charge on any atom is 0.229 e. The molecule has 6 nitrogen and oxygen atoms in total. The van der Waals surface area contributed by atoms with Crippen LogP contribution in [0.5, 0.6) is 0 Å². The maximum absolute atomic E-state index is 11.4. The second-order valence-corrected chi connectivity index (χ2v) is 7.68. The predicted molar refractivity (Wildman–Crippen MR) is 89.6 cm³/mol. The molecule has 0 fully saturated rings. The number of rotatable bonds is 3. The molecule has 0 saturated carbocycles. The van der Waals surface area contributed by atoms with Crippen molar-refractivity contribution >= 4 is 48.9 Å². The number of pyridine rings is 2. The van der Waals surface area contributed by atoms with Crippen molar-refractivity contribution in [1.29, 1.82) is 0 Å². The van der Waals surface area contributed by atoms with Gasteiger partial charge >= 0.3 is 0 Å². The summed E-state index contributed by atoms with van der Waals surface area (Å²) in [6.07, 6.45) is 6.18. The van der Waals surface area contributed by atoms with Crippen LogP contribution in [-0.2, 0) is 10.0 Å². The van der Waals surface area contributed by atoms with Crippen molar-refractivity contribution in [1.82, 2.24) is 14.4 Å². The molecule has 1 N–H and O–H groups in total. The first-order valence-corrected chi connectivity index (χ1v) is 9.16. The number of nitrogens with one attached hydrogen (secondary N) is 1. The lowest BCUT2D eigenvalue weighted by Crippen LogP contribution is -2.10. The van der Waals surface area contributed by atoms with Gasteiger partial charge in [-0.2, -0.15) is 0 Å². The Morgan fingerprint density at radius 3 is 2.77 bits per heavy atom. The first kappa shape index (κ1) is 15.3. The average molecular weight is 402 g/mol. The van der Waals surface area contributed by atoms with Gasteiger partial charge in [0.1, 0.15) is 5.65 Å². The van der Waals surface area contributed by atoms with Crippen molar-refractivity contribution < 1.29 is 8.42 Å². The molecule has 0 aliphatic heterocycles. The molecule has 0 amide bonds. The summed E-state index contributed by atoms with van der Waals surface area (Å²) in [6, 6.07) is 5.39. The molecule has 22 heavy (non-hydrogen) atoms. The van der Waals surface area contributed by atoms with Gasteiger partial charge in [0.05, 0.1) is 23.8 Å². The second kappa shape index (κ2) is 5.53. The van der Waals surface area contributed by atoms with E-state index in [0.29, 0.717) is 5.56 Å². The summed E-state index contributed by atoms with van der Waals surface area (Å²) >= 11 is 9.33. The molecule has 3 aromatic heterocycles. The van der Waals surface area contributed by atoms with Crippen molar-refractivity contribution in [2.24, 2.45) is 0 Å². The lowest BCUT2D eigenvalue weighted by Gasteiger charge is -2.08. The van der Waals surface area contributed by atoms with E-state index < -0.39 is 10.0 Å². The molecule has 9 heteroatoms. The highest BCUT2D eigenvalue weighted by molar-refractivity contribution is 9.10. The average Bonchev–Trinajstić information content (AvgIpc) is 2.82. The van der Waals surface area contributed by atoms with Gasteiger partial charge in [0.25, 0.3) is 0 Å². The van der Waals surface area contributed by atoms with Crippen LogP contribution < -0.4 is 4.72 Å². The smallest absolute Gasteiger partial charge is 0.229 e. The van der Waals surface area contributed by atoms with Crippen LogP contribution in [0.1, 0.15) is 0 Å². The fourth-order valence-electron chi connectivity index (χ4n) is 2.03. The molecule has 114 valence electrons. The monoisotopic (exact) mass is 400 g/mol. The van der Waals surface area contributed by atoms with Gasteiger partial charge in [-0.05, 0) is 18.2 Å². The molecule has 3 rings (SSSR count). The maximum atomic E-state index is 11.4. The van der Waals surface area contributed by atoms with E-state index >= 15 is 0 Å². The fourth-order valence-corrected chi connectivity index (χ4v) is 3.11. The molecule has 0 atom stereocenters. The zero-order valence-corrected chi connectivity index (χ0v) is 14.4. The van der Waals surface area contributed by atoms with Crippen LogP contribution in [0.15, 0.2) is 41.3 Å². The molecule has 0 saturated heterocycles. The Bertz CT molecular complexity index is 971. The highest BCUT2D eigenvalue weighted by Gasteiger charge is 2.12. The molecule has 3 aromatic rings. The topological polar surface area (TPSA) is 76.4 Å². The first-order chi connectivity index (χ1) is 10.3. The molecule has 0 bridgehead atoms. The Labute approximate surface area is 140 Å². The zero-order chi connectivity index (χ0) is 15.9. The molecular weight excluding hydrogens is 392 g/mol. The number of imidazole rings is 1.